The summed E-state index contributed by atoms with van der Waals surface area (Å²) in [5, 5.41) is 0. The van der Waals surface area contributed by atoms with Crippen molar-refractivity contribution in [2.75, 3.05) is 4.90 Å². The first-order valence-electron chi connectivity index (χ1n) is 7.38. The minimum absolute atomic E-state index is 0.142. The molecular formula is C17H20N2O2. The van der Waals surface area contributed by atoms with E-state index in [4.69, 9.17) is 4.42 Å². The van der Waals surface area contributed by atoms with E-state index in [-0.39, 0.29) is 11.9 Å². The van der Waals surface area contributed by atoms with E-state index in [0.717, 1.165) is 22.5 Å². The SMILES string of the molecule is CC(C)c1coc(-c2cccc3c2CC(=O)N3C(C)C)n1. The topological polar surface area (TPSA) is 46.3 Å². The summed E-state index contributed by atoms with van der Waals surface area (Å²) in [5.41, 5.74) is 3.87. The Morgan fingerprint density at radius 3 is 2.62 bits per heavy atom. The molecule has 2 heterocycles. The van der Waals surface area contributed by atoms with Crippen molar-refractivity contribution in [2.24, 2.45) is 0 Å². The molecule has 1 aromatic heterocycles. The lowest BCUT2D eigenvalue weighted by Crippen LogP contribution is -2.33. The van der Waals surface area contributed by atoms with Gasteiger partial charge in [0.25, 0.3) is 0 Å². The van der Waals surface area contributed by atoms with Crippen LogP contribution in [0.2, 0.25) is 0 Å². The molecule has 1 aliphatic heterocycles. The maximum Gasteiger partial charge on any atom is 0.231 e. The van der Waals surface area contributed by atoms with Crippen molar-refractivity contribution >= 4 is 11.6 Å². The molecule has 0 fully saturated rings. The number of carbonyl (C=O) groups is 1. The fourth-order valence-electron chi connectivity index (χ4n) is 2.80. The van der Waals surface area contributed by atoms with Crippen molar-refractivity contribution in [1.82, 2.24) is 4.98 Å². The van der Waals surface area contributed by atoms with E-state index < -0.39 is 0 Å². The first kappa shape index (κ1) is 13.9. The molecular weight excluding hydrogens is 264 g/mol. The number of nitrogens with zero attached hydrogens (tertiary/aromatic N) is 2. The largest absolute Gasteiger partial charge is 0.444 e. The molecule has 0 saturated carbocycles. The summed E-state index contributed by atoms with van der Waals surface area (Å²) in [7, 11) is 0. The number of hydrogen-bond acceptors (Lipinski definition) is 3. The maximum atomic E-state index is 12.2. The fourth-order valence-corrected chi connectivity index (χ4v) is 2.80. The zero-order valence-corrected chi connectivity index (χ0v) is 12.9. The van der Waals surface area contributed by atoms with Gasteiger partial charge in [-0.2, -0.15) is 0 Å². The van der Waals surface area contributed by atoms with Crippen molar-refractivity contribution in [3.05, 3.63) is 35.7 Å². The average Bonchev–Trinajstić information content (AvgIpc) is 3.00. The summed E-state index contributed by atoms with van der Waals surface area (Å²) in [4.78, 5) is 18.7. The van der Waals surface area contributed by atoms with Gasteiger partial charge in [0, 0.05) is 17.3 Å². The van der Waals surface area contributed by atoms with Crippen LogP contribution in [0.5, 0.6) is 0 Å². The van der Waals surface area contributed by atoms with E-state index in [1.807, 2.05) is 36.9 Å². The Balaban J connectivity index is 2.08. The Kier molecular flexibility index (Phi) is 3.32. The number of benzene rings is 1. The van der Waals surface area contributed by atoms with Crippen LogP contribution < -0.4 is 4.90 Å². The molecule has 0 N–H and O–H groups in total. The predicted octanol–water partition coefficient (Wildman–Crippen LogP) is 3.76. The smallest absolute Gasteiger partial charge is 0.231 e. The van der Waals surface area contributed by atoms with Crippen LogP contribution in [-0.2, 0) is 11.2 Å². The molecule has 110 valence electrons. The molecule has 0 saturated heterocycles. The van der Waals surface area contributed by atoms with Gasteiger partial charge in [0.05, 0.1) is 12.1 Å². The lowest BCUT2D eigenvalue weighted by molar-refractivity contribution is -0.117. The molecule has 0 bridgehead atoms. The van der Waals surface area contributed by atoms with Gasteiger partial charge in [-0.25, -0.2) is 4.98 Å². The van der Waals surface area contributed by atoms with Crippen molar-refractivity contribution in [1.29, 1.82) is 0 Å². The summed E-state index contributed by atoms with van der Waals surface area (Å²) in [6.07, 6.45) is 2.12. The zero-order valence-electron chi connectivity index (χ0n) is 12.9. The fraction of sp³-hybridized carbons (Fsp3) is 0.412. The first-order valence-corrected chi connectivity index (χ1v) is 7.38. The van der Waals surface area contributed by atoms with Crippen LogP contribution in [0, 0.1) is 0 Å². The highest BCUT2D eigenvalue weighted by Crippen LogP contribution is 2.37. The van der Waals surface area contributed by atoms with Gasteiger partial charge in [-0.1, -0.05) is 19.9 Å². The van der Waals surface area contributed by atoms with Crippen LogP contribution in [-0.4, -0.2) is 16.9 Å². The number of carbonyl (C=O) groups excluding carboxylic acids is 1. The normalized spacial score (nSPS) is 14.4. The van der Waals surface area contributed by atoms with E-state index in [0.29, 0.717) is 18.2 Å². The Hall–Kier alpha value is -2.10. The highest BCUT2D eigenvalue weighted by atomic mass is 16.3. The molecule has 4 nitrogen and oxygen atoms in total. The second-order valence-corrected chi connectivity index (χ2v) is 6.07. The molecule has 0 spiro atoms. The lowest BCUT2D eigenvalue weighted by Gasteiger charge is -2.21. The Morgan fingerprint density at radius 1 is 1.24 bits per heavy atom. The van der Waals surface area contributed by atoms with Gasteiger partial charge in [0.1, 0.15) is 6.26 Å². The van der Waals surface area contributed by atoms with Gasteiger partial charge in [0.2, 0.25) is 11.8 Å². The zero-order chi connectivity index (χ0) is 15.1. The number of fused-ring (bicyclic) bond motifs is 1. The van der Waals surface area contributed by atoms with Crippen molar-refractivity contribution in [3.8, 4) is 11.5 Å². The number of anilines is 1. The molecule has 21 heavy (non-hydrogen) atoms. The molecule has 0 atom stereocenters. The molecule has 4 heteroatoms. The second kappa shape index (κ2) is 5.02. The number of hydrogen-bond donors (Lipinski definition) is 0. The third-order valence-electron chi connectivity index (χ3n) is 3.87. The van der Waals surface area contributed by atoms with Crippen LogP contribution in [0.25, 0.3) is 11.5 Å². The van der Waals surface area contributed by atoms with E-state index in [1.54, 1.807) is 6.26 Å². The van der Waals surface area contributed by atoms with Crippen LogP contribution in [0.1, 0.15) is 44.9 Å². The van der Waals surface area contributed by atoms with Gasteiger partial charge in [-0.15, -0.1) is 0 Å². The molecule has 3 rings (SSSR count). The monoisotopic (exact) mass is 284 g/mol. The number of aromatic nitrogens is 1. The Morgan fingerprint density at radius 2 is 2.00 bits per heavy atom. The quantitative estimate of drug-likeness (QED) is 0.862. The van der Waals surface area contributed by atoms with E-state index in [2.05, 4.69) is 18.8 Å². The third kappa shape index (κ3) is 2.24. The van der Waals surface area contributed by atoms with Crippen molar-refractivity contribution in [2.45, 2.75) is 46.1 Å². The molecule has 2 aromatic rings. The molecule has 1 aromatic carbocycles. The number of oxazole rings is 1. The summed E-state index contributed by atoms with van der Waals surface area (Å²) in [5.74, 6) is 1.07. The van der Waals surface area contributed by atoms with Crippen LogP contribution in [0.3, 0.4) is 0 Å². The highest BCUT2D eigenvalue weighted by molar-refractivity contribution is 6.03. The van der Waals surface area contributed by atoms with Crippen molar-refractivity contribution in [3.63, 3.8) is 0 Å². The standard InChI is InChI=1S/C17H20N2O2/c1-10(2)14-9-21-17(18-14)12-6-5-7-15-13(12)8-16(20)19(15)11(3)4/h5-7,9-11H,8H2,1-4H3. The van der Waals surface area contributed by atoms with Gasteiger partial charge in [-0.3, -0.25) is 4.79 Å². The van der Waals surface area contributed by atoms with Crippen LogP contribution in [0.15, 0.2) is 28.9 Å². The Bertz CT molecular complexity index is 686. The summed E-state index contributed by atoms with van der Waals surface area (Å²) in [6, 6.07) is 6.09. The van der Waals surface area contributed by atoms with Gasteiger partial charge in [0.15, 0.2) is 0 Å². The minimum Gasteiger partial charge on any atom is -0.444 e. The summed E-state index contributed by atoms with van der Waals surface area (Å²) >= 11 is 0. The minimum atomic E-state index is 0.142. The number of rotatable bonds is 3. The lowest BCUT2D eigenvalue weighted by atomic mass is 10.0. The van der Waals surface area contributed by atoms with Crippen LogP contribution in [0.4, 0.5) is 5.69 Å². The second-order valence-electron chi connectivity index (χ2n) is 6.07. The van der Waals surface area contributed by atoms with E-state index >= 15 is 0 Å². The number of amides is 1. The molecule has 0 aliphatic carbocycles. The van der Waals surface area contributed by atoms with Crippen molar-refractivity contribution < 1.29 is 9.21 Å². The Labute approximate surface area is 124 Å². The van der Waals surface area contributed by atoms with E-state index in [1.165, 1.54) is 0 Å². The van der Waals surface area contributed by atoms with E-state index in [9.17, 15) is 4.79 Å². The third-order valence-corrected chi connectivity index (χ3v) is 3.87. The molecule has 1 amide bonds. The summed E-state index contributed by atoms with van der Waals surface area (Å²) in [6.45, 7) is 8.23. The first-order chi connectivity index (χ1) is 9.99. The highest BCUT2D eigenvalue weighted by Gasteiger charge is 2.32. The molecule has 0 unspecified atom stereocenters. The summed E-state index contributed by atoms with van der Waals surface area (Å²) < 4.78 is 5.63. The molecule has 0 radical (unpaired) electrons. The van der Waals surface area contributed by atoms with Crippen LogP contribution >= 0.6 is 0 Å². The van der Waals surface area contributed by atoms with Gasteiger partial charge < -0.3 is 9.32 Å². The predicted molar refractivity (Wildman–Crippen MR) is 82.4 cm³/mol. The van der Waals surface area contributed by atoms with Gasteiger partial charge >= 0.3 is 0 Å². The maximum absolute atomic E-state index is 12.2. The average molecular weight is 284 g/mol. The van der Waals surface area contributed by atoms with Gasteiger partial charge in [-0.05, 0) is 37.5 Å². The molecule has 1 aliphatic rings.